The maximum absolute atomic E-state index is 13.1. The summed E-state index contributed by atoms with van der Waals surface area (Å²) < 4.78 is 5.79. The van der Waals surface area contributed by atoms with Crippen LogP contribution in [0.2, 0.25) is 0 Å². The van der Waals surface area contributed by atoms with Gasteiger partial charge in [-0.1, -0.05) is 17.7 Å². The predicted octanol–water partition coefficient (Wildman–Crippen LogP) is 3.47. The van der Waals surface area contributed by atoms with E-state index in [0.717, 1.165) is 37.2 Å². The van der Waals surface area contributed by atoms with Gasteiger partial charge in [0, 0.05) is 19.3 Å². The van der Waals surface area contributed by atoms with Crippen LogP contribution in [0.25, 0.3) is 22.4 Å². The molecule has 4 heterocycles. The minimum Gasteiger partial charge on any atom is -0.491 e. The molecule has 1 unspecified atom stereocenters. The van der Waals surface area contributed by atoms with E-state index in [1.165, 1.54) is 23.9 Å². The first-order valence-electron chi connectivity index (χ1n) is 14.7. The van der Waals surface area contributed by atoms with Crippen molar-refractivity contribution in [3.63, 3.8) is 0 Å². The number of aromatic nitrogens is 3. The lowest BCUT2D eigenvalue weighted by Crippen LogP contribution is -2.33. The summed E-state index contributed by atoms with van der Waals surface area (Å²) in [5.41, 5.74) is 4.14. The molecule has 11 nitrogen and oxygen atoms in total. The molecule has 2 amide bonds. The number of imidazole rings is 1. The Balaban J connectivity index is 1.15. The monoisotopic (exact) mass is 584 g/mol. The molecule has 0 bridgehead atoms. The molecule has 1 saturated heterocycles. The Kier molecular flexibility index (Phi) is 8.00. The first kappa shape index (κ1) is 28.6. The second-order valence-electron chi connectivity index (χ2n) is 11.4. The van der Waals surface area contributed by atoms with Crippen molar-refractivity contribution in [1.29, 1.82) is 0 Å². The van der Waals surface area contributed by atoms with E-state index in [1.54, 1.807) is 18.2 Å². The number of fused-ring (bicyclic) bond motifs is 2. The molecular formula is C32H36N6O5. The summed E-state index contributed by atoms with van der Waals surface area (Å²) in [4.78, 5) is 53.3. The molecule has 2 aromatic carbocycles. The number of H-pyrrole nitrogens is 2. The molecule has 4 aromatic rings. The number of aryl methyl sites for hydroxylation is 2. The van der Waals surface area contributed by atoms with Crippen molar-refractivity contribution in [2.45, 2.75) is 39.2 Å². The van der Waals surface area contributed by atoms with E-state index in [2.05, 4.69) is 25.2 Å². The summed E-state index contributed by atoms with van der Waals surface area (Å²) in [6, 6.07) is 10.8. The molecule has 2 aliphatic rings. The van der Waals surface area contributed by atoms with Gasteiger partial charge in [0.1, 0.15) is 29.8 Å². The van der Waals surface area contributed by atoms with Crippen LogP contribution in [0, 0.1) is 13.8 Å². The number of benzene rings is 2. The third-order valence-electron chi connectivity index (χ3n) is 8.11. The Bertz CT molecular complexity index is 1690. The summed E-state index contributed by atoms with van der Waals surface area (Å²) in [5, 5.41) is 13.7. The first-order valence-corrected chi connectivity index (χ1v) is 14.7. The fourth-order valence-corrected chi connectivity index (χ4v) is 5.87. The Labute approximate surface area is 248 Å². The number of nitrogens with zero attached hydrogens (tertiary/aromatic N) is 3. The molecule has 6 rings (SSSR count). The smallest absolute Gasteiger partial charge is 0.261 e. The van der Waals surface area contributed by atoms with Crippen molar-refractivity contribution in [3.8, 4) is 17.1 Å². The van der Waals surface area contributed by atoms with E-state index in [4.69, 9.17) is 4.74 Å². The Morgan fingerprint density at radius 3 is 2.56 bits per heavy atom. The van der Waals surface area contributed by atoms with E-state index < -0.39 is 6.10 Å². The molecule has 224 valence electrons. The number of amides is 2. The molecule has 43 heavy (non-hydrogen) atoms. The molecule has 0 saturated carbocycles. The number of aromatic amines is 2. The molecule has 0 radical (unpaired) electrons. The van der Waals surface area contributed by atoms with Crippen molar-refractivity contribution in [2.75, 3.05) is 44.6 Å². The van der Waals surface area contributed by atoms with Crippen molar-refractivity contribution in [1.82, 2.24) is 24.8 Å². The number of carbonyl (C=O) groups excluding carboxylic acids is 2. The van der Waals surface area contributed by atoms with E-state index >= 15 is 0 Å². The standard InChI is InChI=1S/C32H36N6O5/c1-19-6-7-27(20(2)14-19)43-18-21(39)17-34-24-8-9-33-30(40)28(24)29-35-25-15-22-23(16-26(25)36-29)32(42)38(31(22)41)13-5-12-37-10-3-4-11-37/h6-9,14-16,21,39H,3-5,10-13,17-18H2,1-2H3,(H,35,36)(H2,33,34,40). The van der Waals surface area contributed by atoms with Crippen LogP contribution < -0.4 is 15.6 Å². The Morgan fingerprint density at radius 2 is 1.79 bits per heavy atom. The van der Waals surface area contributed by atoms with E-state index in [9.17, 15) is 19.5 Å². The van der Waals surface area contributed by atoms with Crippen LogP contribution in [-0.4, -0.2) is 87.1 Å². The SMILES string of the molecule is Cc1ccc(OCC(O)CNc2cc[nH]c(=O)c2-c2nc3cc4c(cc3[nH]2)C(=O)N(CCCN2CCCC2)C4=O)c(C)c1. The number of carbonyl (C=O) groups is 2. The van der Waals surface area contributed by atoms with Gasteiger partial charge < -0.3 is 30.0 Å². The number of hydrogen-bond acceptors (Lipinski definition) is 8. The van der Waals surface area contributed by atoms with Crippen LogP contribution in [0.5, 0.6) is 5.75 Å². The highest BCUT2D eigenvalue weighted by atomic mass is 16.5. The van der Waals surface area contributed by atoms with Crippen molar-refractivity contribution in [3.05, 3.63) is 75.2 Å². The number of likely N-dealkylation sites (tertiary alicyclic amines) is 1. The Morgan fingerprint density at radius 1 is 1.02 bits per heavy atom. The number of aliphatic hydroxyl groups excluding tert-OH is 1. The largest absolute Gasteiger partial charge is 0.491 e. The average molecular weight is 585 g/mol. The average Bonchev–Trinajstić information content (AvgIpc) is 3.70. The van der Waals surface area contributed by atoms with Crippen LogP contribution in [0.15, 0.2) is 47.4 Å². The van der Waals surface area contributed by atoms with Gasteiger partial charge in [-0.15, -0.1) is 0 Å². The highest BCUT2D eigenvalue weighted by Gasteiger charge is 2.36. The topological polar surface area (TPSA) is 144 Å². The van der Waals surface area contributed by atoms with Gasteiger partial charge in [-0.3, -0.25) is 19.3 Å². The van der Waals surface area contributed by atoms with Crippen molar-refractivity contribution >= 4 is 28.5 Å². The maximum Gasteiger partial charge on any atom is 0.261 e. The normalized spacial score (nSPS) is 15.8. The summed E-state index contributed by atoms with van der Waals surface area (Å²) in [6.07, 6.45) is 3.81. The van der Waals surface area contributed by atoms with Gasteiger partial charge in [-0.2, -0.15) is 0 Å². The minimum atomic E-state index is -0.846. The highest BCUT2D eigenvalue weighted by molar-refractivity contribution is 6.22. The van der Waals surface area contributed by atoms with Gasteiger partial charge in [0.05, 0.1) is 27.8 Å². The number of pyridine rings is 1. The van der Waals surface area contributed by atoms with E-state index in [0.29, 0.717) is 40.1 Å². The quantitative estimate of drug-likeness (QED) is 0.196. The molecule has 2 aromatic heterocycles. The summed E-state index contributed by atoms with van der Waals surface area (Å²) in [6.45, 7) is 7.57. The van der Waals surface area contributed by atoms with E-state index in [1.807, 2.05) is 32.0 Å². The highest BCUT2D eigenvalue weighted by Crippen LogP contribution is 2.30. The number of aliphatic hydroxyl groups is 1. The zero-order valence-electron chi connectivity index (χ0n) is 24.4. The van der Waals surface area contributed by atoms with Crippen LogP contribution >= 0.6 is 0 Å². The predicted molar refractivity (Wildman–Crippen MR) is 164 cm³/mol. The first-order chi connectivity index (χ1) is 20.8. The lowest BCUT2D eigenvalue weighted by atomic mass is 10.1. The van der Waals surface area contributed by atoms with Crippen molar-refractivity contribution in [2.24, 2.45) is 0 Å². The van der Waals surface area contributed by atoms with Crippen LogP contribution in [0.4, 0.5) is 5.69 Å². The second-order valence-corrected chi connectivity index (χ2v) is 11.4. The van der Waals surface area contributed by atoms with Crippen LogP contribution in [-0.2, 0) is 0 Å². The lowest BCUT2D eigenvalue weighted by molar-refractivity contribution is 0.0648. The van der Waals surface area contributed by atoms with Gasteiger partial charge in [0.15, 0.2) is 0 Å². The number of imide groups is 1. The molecule has 11 heteroatoms. The van der Waals surface area contributed by atoms with E-state index in [-0.39, 0.29) is 41.9 Å². The van der Waals surface area contributed by atoms with Gasteiger partial charge in [-0.25, -0.2) is 4.98 Å². The third-order valence-corrected chi connectivity index (χ3v) is 8.11. The summed E-state index contributed by atoms with van der Waals surface area (Å²) in [7, 11) is 0. The molecule has 4 N–H and O–H groups in total. The molecule has 2 aliphatic heterocycles. The van der Waals surface area contributed by atoms with Gasteiger partial charge in [-0.05, 0) is 82.6 Å². The number of hydrogen-bond donors (Lipinski definition) is 4. The van der Waals surface area contributed by atoms with Gasteiger partial charge in [0.2, 0.25) is 0 Å². The van der Waals surface area contributed by atoms with Gasteiger partial charge >= 0.3 is 0 Å². The van der Waals surface area contributed by atoms with Crippen molar-refractivity contribution < 1.29 is 19.4 Å². The molecule has 1 fully saturated rings. The maximum atomic E-state index is 13.1. The number of anilines is 1. The summed E-state index contributed by atoms with van der Waals surface area (Å²) in [5.74, 6) is 0.366. The molecule has 0 aliphatic carbocycles. The second kappa shape index (κ2) is 12.0. The molecule has 0 spiro atoms. The number of rotatable bonds is 11. The fourth-order valence-electron chi connectivity index (χ4n) is 5.87. The van der Waals surface area contributed by atoms with Crippen LogP contribution in [0.1, 0.15) is 51.1 Å². The number of nitrogens with one attached hydrogen (secondary N) is 3. The van der Waals surface area contributed by atoms with Crippen LogP contribution in [0.3, 0.4) is 0 Å². The fraction of sp³-hybridized carbons (Fsp3) is 0.375. The zero-order chi connectivity index (χ0) is 30.1. The lowest BCUT2D eigenvalue weighted by Gasteiger charge is -2.17. The summed E-state index contributed by atoms with van der Waals surface area (Å²) >= 11 is 0. The molecular weight excluding hydrogens is 548 g/mol. The Hall–Kier alpha value is -4.48. The zero-order valence-corrected chi connectivity index (χ0v) is 24.4. The number of ether oxygens (including phenoxy) is 1. The third kappa shape index (κ3) is 5.91. The molecule has 1 atom stereocenters. The van der Waals surface area contributed by atoms with Gasteiger partial charge in [0.25, 0.3) is 17.4 Å². The minimum absolute atomic E-state index is 0.0724.